The van der Waals surface area contributed by atoms with Gasteiger partial charge in [0.25, 0.3) is 0 Å². The van der Waals surface area contributed by atoms with E-state index in [1.165, 1.54) is 113 Å². The Morgan fingerprint density at radius 3 is 1.55 bits per heavy atom. The number of hydrogen-bond acceptors (Lipinski definition) is 2. The molecule has 0 bridgehead atoms. The number of thiophene rings is 1. The van der Waals surface area contributed by atoms with Crippen LogP contribution in [0, 0.1) is 0 Å². The van der Waals surface area contributed by atoms with E-state index in [0.29, 0.717) is 11.8 Å². The van der Waals surface area contributed by atoms with Crippen LogP contribution in [0.2, 0.25) is 0 Å². The van der Waals surface area contributed by atoms with Gasteiger partial charge in [0.15, 0.2) is 0 Å². The molecule has 0 spiro atoms. The zero-order valence-corrected chi connectivity index (χ0v) is 35.1. The van der Waals surface area contributed by atoms with Crippen LogP contribution in [-0.2, 0) is 0 Å². The molecule has 0 saturated heterocycles. The minimum Gasteiger partial charge on any atom is -0.310 e. The molecule has 1 heterocycles. The van der Waals surface area contributed by atoms with E-state index in [4.69, 9.17) is 0 Å². The van der Waals surface area contributed by atoms with Gasteiger partial charge in [-0.15, -0.1) is 11.3 Å². The van der Waals surface area contributed by atoms with Gasteiger partial charge in [0.05, 0.1) is 5.69 Å². The molecule has 12 rings (SSSR count). The van der Waals surface area contributed by atoms with Gasteiger partial charge in [-0.1, -0.05) is 149 Å². The highest BCUT2D eigenvalue weighted by molar-refractivity contribution is 7.25. The first kappa shape index (κ1) is 35.2. The van der Waals surface area contributed by atoms with Gasteiger partial charge >= 0.3 is 0 Å². The molecule has 0 radical (unpaired) electrons. The van der Waals surface area contributed by atoms with Gasteiger partial charge in [-0.25, -0.2) is 0 Å². The van der Waals surface area contributed by atoms with Gasteiger partial charge in [-0.3, -0.25) is 0 Å². The number of rotatable bonds is 6. The average molecular weight is 786 g/mol. The fourth-order valence-electron chi connectivity index (χ4n) is 10.0. The van der Waals surface area contributed by atoms with E-state index in [0.717, 1.165) is 11.4 Å². The number of nitrogens with zero attached hydrogens (tertiary/aromatic N) is 1. The molecule has 0 fully saturated rings. The molecule has 0 aliphatic heterocycles. The molecule has 1 aromatic heterocycles. The lowest BCUT2D eigenvalue weighted by Crippen LogP contribution is -2.11. The number of anilines is 3. The van der Waals surface area contributed by atoms with Gasteiger partial charge < -0.3 is 4.90 Å². The molecule has 11 aromatic carbocycles. The molecule has 60 heavy (non-hydrogen) atoms. The second-order valence-corrected chi connectivity index (χ2v) is 18.3. The monoisotopic (exact) mass is 785 g/mol. The summed E-state index contributed by atoms with van der Waals surface area (Å²) >= 11 is 1.90. The number of benzene rings is 11. The summed E-state index contributed by atoms with van der Waals surface area (Å²) < 4.78 is 2.68. The van der Waals surface area contributed by atoms with Gasteiger partial charge in [0, 0.05) is 36.9 Å². The van der Waals surface area contributed by atoms with Crippen molar-refractivity contribution in [1.29, 1.82) is 0 Å². The summed E-state index contributed by atoms with van der Waals surface area (Å²) in [5.74, 6) is 0.945. The van der Waals surface area contributed by atoms with Crippen LogP contribution < -0.4 is 4.90 Å². The van der Waals surface area contributed by atoms with Crippen LogP contribution >= 0.6 is 11.3 Å². The van der Waals surface area contributed by atoms with E-state index in [1.807, 2.05) is 11.3 Å². The maximum absolute atomic E-state index is 2.45. The molecular formula is C58H43NS. The van der Waals surface area contributed by atoms with Crippen molar-refractivity contribution in [3.8, 4) is 11.1 Å². The summed E-state index contributed by atoms with van der Waals surface area (Å²) in [6.45, 7) is 9.05. The molecule has 12 aromatic rings. The molecule has 0 atom stereocenters. The molecule has 1 nitrogen and oxygen atoms in total. The molecule has 286 valence electrons. The second kappa shape index (κ2) is 13.4. The lowest BCUT2D eigenvalue weighted by molar-refractivity contribution is 0.866. The first-order chi connectivity index (χ1) is 29.4. The van der Waals surface area contributed by atoms with Crippen molar-refractivity contribution in [2.75, 3.05) is 4.90 Å². The molecule has 0 aliphatic rings. The van der Waals surface area contributed by atoms with Crippen LogP contribution in [0.3, 0.4) is 0 Å². The van der Waals surface area contributed by atoms with E-state index in [9.17, 15) is 0 Å². The molecule has 0 saturated carbocycles. The Balaban J connectivity index is 1.07. The average Bonchev–Trinajstić information content (AvgIpc) is 3.66. The van der Waals surface area contributed by atoms with Crippen molar-refractivity contribution in [3.63, 3.8) is 0 Å². The van der Waals surface area contributed by atoms with Crippen molar-refractivity contribution < 1.29 is 0 Å². The summed E-state index contributed by atoms with van der Waals surface area (Å²) in [5.41, 5.74) is 8.71. The highest BCUT2D eigenvalue weighted by Crippen LogP contribution is 2.47. The SMILES string of the molecule is CC(C)c1ccc(N(c2ccc(C(C)C)cc2)c2ccc3ccc4c(-c5ccc6c(c5)c5ccccc5c5cc7c(cc65)sc5ccccc57)ccc5ccc2c3c54)cc1. The zero-order valence-electron chi connectivity index (χ0n) is 34.3. The Hall–Kier alpha value is -6.74. The van der Waals surface area contributed by atoms with Crippen LogP contribution in [0.5, 0.6) is 0 Å². The molecular weight excluding hydrogens is 743 g/mol. The van der Waals surface area contributed by atoms with E-state index in [2.05, 4.69) is 209 Å². The standard InChI is InChI=1S/C58H43NS/c1-34(2)36-13-22-41(23-14-36)59(42-24-15-37(16-25-42)35(3)4)54-30-21-39-18-28-48-43(26-17-38-19-29-49(54)58(39)57(38)48)40-20-27-46-50(31-40)44-9-5-6-10-45(44)51-32-53-47-11-7-8-12-55(47)60-56(53)33-52(46)51/h5-35H,1-4H3. The van der Waals surface area contributed by atoms with Crippen LogP contribution in [-0.4, -0.2) is 0 Å². The zero-order chi connectivity index (χ0) is 40.2. The second-order valence-electron chi connectivity index (χ2n) is 17.2. The summed E-state index contributed by atoms with van der Waals surface area (Å²) in [5, 5.41) is 18.2. The Morgan fingerprint density at radius 1 is 0.367 bits per heavy atom. The van der Waals surface area contributed by atoms with Crippen molar-refractivity contribution in [2.24, 2.45) is 0 Å². The maximum Gasteiger partial charge on any atom is 0.0540 e. The molecule has 0 unspecified atom stereocenters. The van der Waals surface area contributed by atoms with Gasteiger partial charge in [-0.2, -0.15) is 0 Å². The lowest BCUT2D eigenvalue weighted by atomic mass is 9.87. The Bertz CT molecular complexity index is 3590. The fraction of sp³-hybridized carbons (Fsp3) is 0.103. The predicted octanol–water partition coefficient (Wildman–Crippen LogP) is 17.8. The van der Waals surface area contributed by atoms with E-state index >= 15 is 0 Å². The van der Waals surface area contributed by atoms with Crippen LogP contribution in [0.15, 0.2) is 176 Å². The minimum atomic E-state index is 0.473. The van der Waals surface area contributed by atoms with E-state index < -0.39 is 0 Å². The van der Waals surface area contributed by atoms with Gasteiger partial charge in [0.1, 0.15) is 0 Å². The molecule has 0 amide bonds. The first-order valence-corrected chi connectivity index (χ1v) is 22.1. The Labute approximate surface area is 354 Å². The topological polar surface area (TPSA) is 3.24 Å². The predicted molar refractivity (Wildman–Crippen MR) is 264 cm³/mol. The third-order valence-corrected chi connectivity index (χ3v) is 14.3. The normalized spacial score (nSPS) is 12.3. The van der Waals surface area contributed by atoms with Crippen LogP contribution in [0.1, 0.15) is 50.7 Å². The summed E-state index contributed by atoms with van der Waals surface area (Å²) in [7, 11) is 0. The molecule has 0 N–H and O–H groups in total. The van der Waals surface area contributed by atoms with Crippen molar-refractivity contribution in [1.82, 2.24) is 0 Å². The summed E-state index contributed by atoms with van der Waals surface area (Å²) in [6.07, 6.45) is 0. The van der Waals surface area contributed by atoms with Crippen molar-refractivity contribution >= 4 is 113 Å². The minimum absolute atomic E-state index is 0.473. The fourth-order valence-corrected chi connectivity index (χ4v) is 11.1. The van der Waals surface area contributed by atoms with Crippen LogP contribution in [0.4, 0.5) is 17.1 Å². The van der Waals surface area contributed by atoms with Gasteiger partial charge in [-0.05, 0) is 148 Å². The Morgan fingerprint density at radius 2 is 0.883 bits per heavy atom. The molecule has 0 aliphatic carbocycles. The quantitative estimate of drug-likeness (QED) is 0.152. The maximum atomic E-state index is 2.45. The summed E-state index contributed by atoms with van der Waals surface area (Å²) in [6, 6.07) is 66.9. The molecule has 2 heteroatoms. The lowest BCUT2D eigenvalue weighted by Gasteiger charge is -2.28. The number of fused-ring (bicyclic) bond motifs is 9. The Kier molecular flexibility index (Phi) is 7.86. The van der Waals surface area contributed by atoms with Crippen molar-refractivity contribution in [3.05, 3.63) is 187 Å². The first-order valence-electron chi connectivity index (χ1n) is 21.3. The largest absolute Gasteiger partial charge is 0.310 e. The highest BCUT2D eigenvalue weighted by Gasteiger charge is 2.21. The third-order valence-electron chi connectivity index (χ3n) is 13.2. The van der Waals surface area contributed by atoms with Crippen LogP contribution in [0.25, 0.3) is 95.9 Å². The van der Waals surface area contributed by atoms with Crippen molar-refractivity contribution in [2.45, 2.75) is 39.5 Å². The number of hydrogen-bond donors (Lipinski definition) is 0. The third kappa shape index (κ3) is 5.30. The van der Waals surface area contributed by atoms with E-state index in [-0.39, 0.29) is 0 Å². The smallest absolute Gasteiger partial charge is 0.0540 e. The highest BCUT2D eigenvalue weighted by atomic mass is 32.1. The van der Waals surface area contributed by atoms with Gasteiger partial charge in [0.2, 0.25) is 0 Å². The van der Waals surface area contributed by atoms with E-state index in [1.54, 1.807) is 0 Å². The summed E-state index contributed by atoms with van der Waals surface area (Å²) in [4.78, 5) is 2.45.